The number of aryl methyl sites for hydroxylation is 1. The number of fused-ring (bicyclic) bond motifs is 1. The molecule has 0 spiro atoms. The number of carbonyl (C=O) groups excluding carboxylic acids is 1. The van der Waals surface area contributed by atoms with Crippen molar-refractivity contribution in [2.45, 2.75) is 61.1 Å². The van der Waals surface area contributed by atoms with Crippen LogP contribution in [0.15, 0.2) is 83.9 Å². The summed E-state index contributed by atoms with van der Waals surface area (Å²) in [5.41, 5.74) is -2.41. The first-order valence-electron chi connectivity index (χ1n) is 15.5. The van der Waals surface area contributed by atoms with E-state index in [2.05, 4.69) is 0 Å². The highest BCUT2D eigenvalue weighted by Crippen LogP contribution is 2.44. The molecule has 1 aliphatic heterocycles. The zero-order valence-corrected chi connectivity index (χ0v) is 27.0. The van der Waals surface area contributed by atoms with Crippen LogP contribution in [0.5, 0.6) is 0 Å². The molecule has 48 heavy (non-hydrogen) atoms. The lowest BCUT2D eigenvalue weighted by Gasteiger charge is -2.38. The van der Waals surface area contributed by atoms with E-state index in [0.717, 1.165) is 17.2 Å². The molecule has 256 valence electrons. The van der Waals surface area contributed by atoms with Gasteiger partial charge in [0, 0.05) is 48.8 Å². The highest BCUT2D eigenvalue weighted by Gasteiger charge is 2.57. The number of β-amino-alcohol motifs (C(OH)–C–C–N with tert-alkyl or cyclic N) is 1. The maximum Gasteiger partial charge on any atom is 0.422 e. The Hall–Kier alpha value is -4.27. The summed E-state index contributed by atoms with van der Waals surface area (Å²) in [6.07, 6.45) is -3.26. The van der Waals surface area contributed by atoms with E-state index >= 15 is 0 Å². The minimum absolute atomic E-state index is 0.00591. The van der Waals surface area contributed by atoms with Gasteiger partial charge in [-0.1, -0.05) is 42.5 Å². The van der Waals surface area contributed by atoms with Gasteiger partial charge < -0.3 is 14.4 Å². The Morgan fingerprint density at radius 2 is 1.69 bits per heavy atom. The minimum Gasteiger partial charge on any atom is -0.466 e. The van der Waals surface area contributed by atoms with E-state index in [1.807, 2.05) is 0 Å². The molecular weight excluding hydrogens is 651 g/mol. The predicted molar refractivity (Wildman–Crippen MR) is 172 cm³/mol. The number of aromatic nitrogens is 1. The summed E-state index contributed by atoms with van der Waals surface area (Å²) in [5.74, 6) is -0.347. The van der Waals surface area contributed by atoms with Crippen molar-refractivity contribution in [1.82, 2.24) is 9.47 Å². The number of nitro benzene ring substituents is 1. The Morgan fingerprint density at radius 1 is 1.02 bits per heavy atom. The molecule has 0 radical (unpaired) electrons. The zero-order valence-electron chi connectivity index (χ0n) is 26.2. The third-order valence-corrected chi connectivity index (χ3v) is 11.1. The first-order chi connectivity index (χ1) is 22.7. The fraction of sp³-hybridized carbons (Fsp3) is 0.382. The Morgan fingerprint density at radius 3 is 2.29 bits per heavy atom. The van der Waals surface area contributed by atoms with Crippen molar-refractivity contribution in [2.75, 3.05) is 26.2 Å². The first-order valence-corrected chi connectivity index (χ1v) is 17.1. The van der Waals surface area contributed by atoms with Crippen LogP contribution in [-0.4, -0.2) is 71.6 Å². The fourth-order valence-electron chi connectivity index (χ4n) is 6.18. The maximum atomic E-state index is 14.9. The number of piperidine rings is 1. The number of nitro groups is 1. The fourth-order valence-corrected chi connectivity index (χ4v) is 7.91. The van der Waals surface area contributed by atoms with Crippen LogP contribution in [0.2, 0.25) is 0 Å². The monoisotopic (exact) mass is 687 g/mol. The van der Waals surface area contributed by atoms with Gasteiger partial charge in [-0.25, -0.2) is 8.42 Å². The van der Waals surface area contributed by atoms with Crippen molar-refractivity contribution in [3.05, 3.63) is 106 Å². The summed E-state index contributed by atoms with van der Waals surface area (Å²) in [4.78, 5) is 24.0. The molecule has 1 saturated heterocycles. The molecule has 0 saturated carbocycles. The van der Waals surface area contributed by atoms with Crippen molar-refractivity contribution >= 4 is 32.4 Å². The number of carbonyl (C=O) groups is 1. The van der Waals surface area contributed by atoms with E-state index < -0.39 is 43.9 Å². The molecule has 0 bridgehead atoms. The number of ether oxygens (including phenoxy) is 1. The second kappa shape index (κ2) is 14.1. The van der Waals surface area contributed by atoms with Crippen molar-refractivity contribution in [3.8, 4) is 0 Å². The van der Waals surface area contributed by atoms with Crippen molar-refractivity contribution in [3.63, 3.8) is 0 Å². The van der Waals surface area contributed by atoms with Crippen LogP contribution in [-0.2, 0) is 37.9 Å². The summed E-state index contributed by atoms with van der Waals surface area (Å²) in [6.45, 7) is 1.24. The molecule has 4 aromatic rings. The van der Waals surface area contributed by atoms with Crippen LogP contribution in [0.1, 0.15) is 42.9 Å². The Balaban J connectivity index is 1.35. The quantitative estimate of drug-likeness (QED) is 0.113. The second-order valence-electron chi connectivity index (χ2n) is 11.9. The lowest BCUT2D eigenvalue weighted by atomic mass is 9.91. The van der Waals surface area contributed by atoms with Gasteiger partial charge in [0.05, 0.1) is 27.2 Å². The second-order valence-corrected chi connectivity index (χ2v) is 14.2. The van der Waals surface area contributed by atoms with E-state index in [1.54, 1.807) is 49.4 Å². The molecule has 5 rings (SSSR count). The van der Waals surface area contributed by atoms with Gasteiger partial charge in [-0.3, -0.25) is 19.8 Å². The predicted octanol–water partition coefficient (Wildman–Crippen LogP) is 5.78. The average Bonchev–Trinajstić information content (AvgIpc) is 3.42. The van der Waals surface area contributed by atoms with Gasteiger partial charge in [-0.2, -0.15) is 13.2 Å². The smallest absolute Gasteiger partial charge is 0.422 e. The molecule has 1 unspecified atom stereocenters. The van der Waals surface area contributed by atoms with Crippen LogP contribution in [0, 0.1) is 10.1 Å². The molecule has 14 heteroatoms. The zero-order chi connectivity index (χ0) is 34.7. The number of esters is 1. The van der Waals surface area contributed by atoms with Gasteiger partial charge in [0.1, 0.15) is 0 Å². The van der Waals surface area contributed by atoms with Crippen LogP contribution in [0.25, 0.3) is 10.9 Å². The number of benzene rings is 3. The van der Waals surface area contributed by atoms with Crippen LogP contribution >= 0.6 is 0 Å². The standard InChI is InChI=1S/C34H36F3N3O7S/c1-2-47-32(41)15-10-24-8-12-27(13-9-24)48(45,46)28-16-18-38(19-17-28)23-33(42,34(35,36)37)30-22-39(21-25-6-4-3-5-7-25)31-20-26(40(43)44)11-14-29(30)31/h3-9,11-14,20,22,28,42H,2,10,15-19,21,23H2,1H3. The highest BCUT2D eigenvalue weighted by atomic mass is 32.2. The van der Waals surface area contributed by atoms with Gasteiger partial charge in [0.15, 0.2) is 9.84 Å². The number of sulfone groups is 1. The summed E-state index contributed by atoms with van der Waals surface area (Å²) in [6, 6.07) is 18.6. The molecule has 1 aliphatic rings. The van der Waals surface area contributed by atoms with E-state index in [1.165, 1.54) is 39.9 Å². The number of rotatable bonds is 12. The van der Waals surface area contributed by atoms with Gasteiger partial charge in [0.25, 0.3) is 5.69 Å². The molecule has 1 aromatic heterocycles. The van der Waals surface area contributed by atoms with Crippen LogP contribution < -0.4 is 0 Å². The molecule has 1 fully saturated rings. The minimum atomic E-state index is -5.13. The Kier molecular flexibility index (Phi) is 10.3. The summed E-state index contributed by atoms with van der Waals surface area (Å²) < 4.78 is 77.8. The number of non-ortho nitro benzene ring substituents is 1. The number of likely N-dealkylation sites (tertiary alicyclic amines) is 1. The van der Waals surface area contributed by atoms with Crippen LogP contribution in [0.3, 0.4) is 0 Å². The lowest BCUT2D eigenvalue weighted by molar-refractivity contribution is -0.384. The molecule has 0 aliphatic carbocycles. The van der Waals surface area contributed by atoms with Crippen LogP contribution in [0.4, 0.5) is 18.9 Å². The average molecular weight is 688 g/mol. The van der Waals surface area contributed by atoms with E-state index in [4.69, 9.17) is 4.74 Å². The van der Waals surface area contributed by atoms with Crippen molar-refractivity contribution in [2.24, 2.45) is 0 Å². The molecular formula is C34H36F3N3O7S. The molecule has 1 N–H and O–H groups in total. The number of halogens is 3. The SMILES string of the molecule is CCOC(=O)CCc1ccc(S(=O)(=O)C2CCN(CC(O)(c3cn(Cc4ccccc4)c4cc([N+](=O)[O-])ccc34)C(F)(F)F)CC2)cc1. The normalized spacial score (nSPS) is 16.1. The number of hydrogen-bond donors (Lipinski definition) is 1. The molecule has 10 nitrogen and oxygen atoms in total. The van der Waals surface area contributed by atoms with Crippen molar-refractivity contribution < 1.29 is 41.2 Å². The molecule has 3 aromatic carbocycles. The number of hydrogen-bond acceptors (Lipinski definition) is 8. The third-order valence-electron chi connectivity index (χ3n) is 8.79. The molecule has 2 heterocycles. The molecule has 1 atom stereocenters. The lowest BCUT2D eigenvalue weighted by Crippen LogP contribution is -2.53. The van der Waals surface area contributed by atoms with Gasteiger partial charge >= 0.3 is 12.1 Å². The summed E-state index contributed by atoms with van der Waals surface area (Å²) in [7, 11) is -3.79. The first kappa shape index (κ1) is 35.0. The topological polar surface area (TPSA) is 132 Å². The summed E-state index contributed by atoms with van der Waals surface area (Å²) in [5, 5.41) is 22.2. The number of aliphatic hydroxyl groups is 1. The largest absolute Gasteiger partial charge is 0.466 e. The number of alkyl halides is 3. The van der Waals surface area contributed by atoms with Gasteiger partial charge in [-0.15, -0.1) is 0 Å². The molecule has 0 amide bonds. The Labute approximate surface area is 275 Å². The Bertz CT molecular complexity index is 1870. The van der Waals surface area contributed by atoms with Gasteiger partial charge in [-0.05, 0) is 68.6 Å². The number of nitrogens with zero attached hydrogens (tertiary/aromatic N) is 3. The van der Waals surface area contributed by atoms with E-state index in [9.17, 15) is 41.6 Å². The maximum absolute atomic E-state index is 14.9. The summed E-state index contributed by atoms with van der Waals surface area (Å²) >= 11 is 0. The van der Waals surface area contributed by atoms with E-state index in [0.29, 0.717) is 6.42 Å². The van der Waals surface area contributed by atoms with Gasteiger partial charge in [0.2, 0.25) is 5.60 Å². The van der Waals surface area contributed by atoms with Crippen molar-refractivity contribution in [1.29, 1.82) is 0 Å². The van der Waals surface area contributed by atoms with E-state index in [-0.39, 0.29) is 73.0 Å². The highest BCUT2D eigenvalue weighted by molar-refractivity contribution is 7.92. The third kappa shape index (κ3) is 7.40.